The molecule has 0 aliphatic heterocycles. The lowest BCUT2D eigenvalue weighted by atomic mass is 10.2. The predicted molar refractivity (Wildman–Crippen MR) is 103 cm³/mol. The number of aromatic nitrogens is 2. The molecule has 1 aromatic heterocycles. The molecule has 7 heteroatoms. The number of amides is 1. The zero-order valence-electron chi connectivity index (χ0n) is 15.0. The van der Waals surface area contributed by atoms with Gasteiger partial charge in [-0.2, -0.15) is 5.10 Å². The third kappa shape index (κ3) is 4.46. The Kier molecular flexibility index (Phi) is 5.76. The molecule has 0 spiro atoms. The van der Waals surface area contributed by atoms with Crippen LogP contribution in [0.1, 0.15) is 28.5 Å². The summed E-state index contributed by atoms with van der Waals surface area (Å²) in [7, 11) is 0. The molecule has 3 aromatic rings. The van der Waals surface area contributed by atoms with Crippen molar-refractivity contribution in [3.63, 3.8) is 0 Å². The van der Waals surface area contributed by atoms with Gasteiger partial charge in [-0.1, -0.05) is 17.7 Å². The lowest BCUT2D eigenvalue weighted by molar-refractivity contribution is 0.102. The molecule has 1 amide bonds. The van der Waals surface area contributed by atoms with E-state index in [-0.39, 0.29) is 12.5 Å². The third-order valence-corrected chi connectivity index (χ3v) is 4.37. The molecule has 0 unspecified atom stereocenters. The number of carbonyl (C=O) groups excluding carboxylic acids is 1. The number of anilines is 1. The van der Waals surface area contributed by atoms with E-state index in [0.29, 0.717) is 34.3 Å². The molecule has 0 atom stereocenters. The Labute approximate surface area is 161 Å². The summed E-state index contributed by atoms with van der Waals surface area (Å²) in [5.74, 6) is 0.416. The van der Waals surface area contributed by atoms with E-state index in [4.69, 9.17) is 16.3 Å². The molecule has 0 fully saturated rings. The average molecular weight is 388 g/mol. The average Bonchev–Trinajstić information content (AvgIpc) is 2.98. The topological polar surface area (TPSA) is 56.1 Å². The van der Waals surface area contributed by atoms with Crippen molar-refractivity contribution in [1.29, 1.82) is 0 Å². The SMILES string of the molecule is CCOc1ccc(C(=O)Nc2cc(C)n(Cc3c(F)cccc3Cl)n2)cc1. The molecule has 140 valence electrons. The molecule has 0 bridgehead atoms. The number of benzene rings is 2. The second kappa shape index (κ2) is 8.22. The first-order valence-corrected chi connectivity index (χ1v) is 8.87. The molecule has 5 nitrogen and oxygen atoms in total. The molecule has 1 N–H and O–H groups in total. The van der Waals surface area contributed by atoms with Crippen LogP contribution in [0.2, 0.25) is 5.02 Å². The van der Waals surface area contributed by atoms with Crippen molar-refractivity contribution in [2.75, 3.05) is 11.9 Å². The molecular weight excluding hydrogens is 369 g/mol. The van der Waals surface area contributed by atoms with Gasteiger partial charge in [-0.15, -0.1) is 0 Å². The second-order valence-corrected chi connectivity index (χ2v) is 6.35. The predicted octanol–water partition coefficient (Wildman–Crippen LogP) is 4.68. The molecule has 0 radical (unpaired) electrons. The lowest BCUT2D eigenvalue weighted by Gasteiger charge is -2.08. The standard InChI is InChI=1S/C20H19ClFN3O2/c1-3-27-15-9-7-14(8-10-15)20(26)23-19-11-13(2)25(24-19)12-16-17(21)5-4-6-18(16)22/h4-11H,3,12H2,1-2H3,(H,23,24,26). The Bertz CT molecular complexity index is 934. The van der Waals surface area contributed by atoms with Crippen LogP contribution in [0, 0.1) is 12.7 Å². The summed E-state index contributed by atoms with van der Waals surface area (Å²) in [6.07, 6.45) is 0. The first kappa shape index (κ1) is 18.9. The Morgan fingerprint density at radius 3 is 2.67 bits per heavy atom. The summed E-state index contributed by atoms with van der Waals surface area (Å²) in [6, 6.07) is 13.1. The Hall–Kier alpha value is -2.86. The number of nitrogens with zero attached hydrogens (tertiary/aromatic N) is 2. The summed E-state index contributed by atoms with van der Waals surface area (Å²) in [6.45, 7) is 4.46. The van der Waals surface area contributed by atoms with Gasteiger partial charge in [-0.05, 0) is 50.2 Å². The summed E-state index contributed by atoms with van der Waals surface area (Å²) < 4.78 is 20.9. The summed E-state index contributed by atoms with van der Waals surface area (Å²) >= 11 is 6.08. The van der Waals surface area contributed by atoms with E-state index in [1.807, 2.05) is 13.8 Å². The van der Waals surface area contributed by atoms with E-state index in [2.05, 4.69) is 10.4 Å². The van der Waals surface area contributed by atoms with Gasteiger partial charge >= 0.3 is 0 Å². The second-order valence-electron chi connectivity index (χ2n) is 5.94. The summed E-state index contributed by atoms with van der Waals surface area (Å²) in [5.41, 5.74) is 1.62. The highest BCUT2D eigenvalue weighted by molar-refractivity contribution is 6.31. The van der Waals surface area contributed by atoms with Crippen LogP contribution >= 0.6 is 11.6 Å². The van der Waals surface area contributed by atoms with Gasteiger partial charge in [0, 0.05) is 27.9 Å². The van der Waals surface area contributed by atoms with Crippen LogP contribution in [0.3, 0.4) is 0 Å². The molecule has 1 heterocycles. The first-order valence-electron chi connectivity index (χ1n) is 8.49. The van der Waals surface area contributed by atoms with Crippen molar-refractivity contribution < 1.29 is 13.9 Å². The molecule has 3 rings (SSSR count). The summed E-state index contributed by atoms with van der Waals surface area (Å²) in [5, 5.41) is 7.42. The van der Waals surface area contributed by atoms with Gasteiger partial charge in [0.05, 0.1) is 13.2 Å². The maximum Gasteiger partial charge on any atom is 0.256 e. The van der Waals surface area contributed by atoms with Crippen LogP contribution in [-0.2, 0) is 6.54 Å². The number of ether oxygens (including phenoxy) is 1. The molecular formula is C20H19ClFN3O2. The van der Waals surface area contributed by atoms with Crippen molar-refractivity contribution in [2.24, 2.45) is 0 Å². The van der Waals surface area contributed by atoms with Crippen molar-refractivity contribution in [1.82, 2.24) is 9.78 Å². The van der Waals surface area contributed by atoms with Crippen molar-refractivity contribution >= 4 is 23.3 Å². The van der Waals surface area contributed by atoms with Gasteiger partial charge in [0.25, 0.3) is 5.91 Å². The minimum Gasteiger partial charge on any atom is -0.494 e. The van der Waals surface area contributed by atoms with Gasteiger partial charge in [0.1, 0.15) is 11.6 Å². The van der Waals surface area contributed by atoms with Crippen LogP contribution in [-0.4, -0.2) is 22.3 Å². The smallest absolute Gasteiger partial charge is 0.256 e. The van der Waals surface area contributed by atoms with Gasteiger partial charge in [0.15, 0.2) is 5.82 Å². The van der Waals surface area contributed by atoms with Crippen LogP contribution in [0.25, 0.3) is 0 Å². The van der Waals surface area contributed by atoms with Gasteiger partial charge in [0.2, 0.25) is 0 Å². The molecule has 2 aromatic carbocycles. The van der Waals surface area contributed by atoms with E-state index >= 15 is 0 Å². The van der Waals surface area contributed by atoms with Gasteiger partial charge < -0.3 is 10.1 Å². The largest absolute Gasteiger partial charge is 0.494 e. The molecule has 0 saturated heterocycles. The maximum absolute atomic E-state index is 14.0. The highest BCUT2D eigenvalue weighted by Gasteiger charge is 2.13. The van der Waals surface area contributed by atoms with E-state index in [0.717, 1.165) is 5.69 Å². The van der Waals surface area contributed by atoms with Crippen molar-refractivity contribution in [2.45, 2.75) is 20.4 Å². The monoisotopic (exact) mass is 387 g/mol. The molecule has 0 saturated carbocycles. The number of nitrogens with one attached hydrogen (secondary N) is 1. The number of halogens is 2. The highest BCUT2D eigenvalue weighted by atomic mass is 35.5. The van der Waals surface area contributed by atoms with Crippen LogP contribution in [0.4, 0.5) is 10.2 Å². The van der Waals surface area contributed by atoms with E-state index < -0.39 is 5.82 Å². The van der Waals surface area contributed by atoms with E-state index in [1.165, 1.54) is 6.07 Å². The number of aryl methyl sites for hydroxylation is 1. The maximum atomic E-state index is 14.0. The zero-order valence-corrected chi connectivity index (χ0v) is 15.8. The minimum atomic E-state index is -0.391. The normalized spacial score (nSPS) is 10.7. The number of rotatable bonds is 6. The lowest BCUT2D eigenvalue weighted by Crippen LogP contribution is -2.13. The highest BCUT2D eigenvalue weighted by Crippen LogP contribution is 2.21. The van der Waals surface area contributed by atoms with Crippen LogP contribution < -0.4 is 10.1 Å². The molecule has 27 heavy (non-hydrogen) atoms. The van der Waals surface area contributed by atoms with E-state index in [1.54, 1.807) is 47.1 Å². The quantitative estimate of drug-likeness (QED) is 0.668. The first-order chi connectivity index (χ1) is 13.0. The molecule has 0 aliphatic carbocycles. The number of hydrogen-bond acceptors (Lipinski definition) is 3. The fourth-order valence-electron chi connectivity index (χ4n) is 2.62. The number of hydrogen-bond donors (Lipinski definition) is 1. The van der Waals surface area contributed by atoms with Crippen LogP contribution in [0.5, 0.6) is 5.75 Å². The van der Waals surface area contributed by atoms with Gasteiger partial charge in [-0.3, -0.25) is 9.48 Å². The Morgan fingerprint density at radius 2 is 2.00 bits per heavy atom. The fourth-order valence-corrected chi connectivity index (χ4v) is 2.84. The van der Waals surface area contributed by atoms with Crippen molar-refractivity contribution in [3.8, 4) is 5.75 Å². The fraction of sp³-hybridized carbons (Fsp3) is 0.200. The Morgan fingerprint density at radius 1 is 1.26 bits per heavy atom. The zero-order chi connectivity index (χ0) is 19.4. The minimum absolute atomic E-state index is 0.177. The number of carbonyl (C=O) groups is 1. The summed E-state index contributed by atoms with van der Waals surface area (Å²) in [4.78, 5) is 12.4. The Balaban J connectivity index is 1.73. The molecule has 0 aliphatic rings. The van der Waals surface area contributed by atoms with E-state index in [9.17, 15) is 9.18 Å². The third-order valence-electron chi connectivity index (χ3n) is 4.02. The van der Waals surface area contributed by atoms with Crippen molar-refractivity contribution in [3.05, 3.63) is 76.2 Å². The van der Waals surface area contributed by atoms with Gasteiger partial charge in [-0.25, -0.2) is 4.39 Å². The van der Waals surface area contributed by atoms with Crippen LogP contribution in [0.15, 0.2) is 48.5 Å².